The molecule has 3 heterocycles. The Morgan fingerprint density at radius 2 is 2.00 bits per heavy atom. The standard InChI is InChI=1S/C23H20ClNO4S2/c1-3-29-17-11-14(6-7-16(17)24)20(26)18-19(22-13(2)8-10-31-22)25(23(28)21(18)27)12-15-5-4-9-30-15/h4-11,19,26H,3,12H2,1-2H3/b20-18-. The lowest BCUT2D eigenvalue weighted by atomic mass is 9.98. The molecular formula is C23H20ClNO4S2. The lowest BCUT2D eigenvalue weighted by Gasteiger charge is -2.24. The number of thiophene rings is 2. The van der Waals surface area contributed by atoms with Gasteiger partial charge in [-0.05, 0) is 60.5 Å². The van der Waals surface area contributed by atoms with Crippen LogP contribution in [-0.2, 0) is 16.1 Å². The van der Waals surface area contributed by atoms with E-state index in [4.69, 9.17) is 16.3 Å². The van der Waals surface area contributed by atoms with Crippen LogP contribution in [0.3, 0.4) is 0 Å². The van der Waals surface area contributed by atoms with E-state index in [0.717, 1.165) is 15.3 Å². The quantitative estimate of drug-likeness (QED) is 0.279. The number of carbonyl (C=O) groups is 2. The first-order valence-electron chi connectivity index (χ1n) is 9.69. The summed E-state index contributed by atoms with van der Waals surface area (Å²) in [5.74, 6) is -1.14. The average molecular weight is 474 g/mol. The summed E-state index contributed by atoms with van der Waals surface area (Å²) in [5, 5.41) is 15.4. The van der Waals surface area contributed by atoms with E-state index in [9.17, 15) is 14.7 Å². The van der Waals surface area contributed by atoms with E-state index in [2.05, 4.69) is 0 Å². The van der Waals surface area contributed by atoms with Gasteiger partial charge in [0.1, 0.15) is 17.6 Å². The molecule has 1 atom stereocenters. The summed E-state index contributed by atoms with van der Waals surface area (Å²) >= 11 is 9.16. The summed E-state index contributed by atoms with van der Waals surface area (Å²) in [6.07, 6.45) is 0. The molecule has 160 valence electrons. The van der Waals surface area contributed by atoms with E-state index in [1.807, 2.05) is 42.8 Å². The molecule has 1 unspecified atom stereocenters. The van der Waals surface area contributed by atoms with Crippen molar-refractivity contribution in [3.8, 4) is 5.75 Å². The first kappa shape index (κ1) is 21.6. The van der Waals surface area contributed by atoms with Crippen LogP contribution < -0.4 is 4.74 Å². The monoisotopic (exact) mass is 473 g/mol. The minimum Gasteiger partial charge on any atom is -0.507 e. The fraction of sp³-hybridized carbons (Fsp3) is 0.217. The van der Waals surface area contributed by atoms with Crippen LogP contribution in [0.1, 0.15) is 33.8 Å². The van der Waals surface area contributed by atoms with Crippen LogP contribution in [0.15, 0.2) is 52.7 Å². The third-order valence-corrected chi connectivity index (χ3v) is 7.35. The molecule has 1 saturated heterocycles. The number of nitrogens with zero attached hydrogens (tertiary/aromatic N) is 1. The number of aliphatic hydroxyl groups is 1. The van der Waals surface area contributed by atoms with Gasteiger partial charge in [0.05, 0.1) is 23.7 Å². The van der Waals surface area contributed by atoms with E-state index in [1.165, 1.54) is 27.6 Å². The van der Waals surface area contributed by atoms with Crippen molar-refractivity contribution < 1.29 is 19.4 Å². The number of benzene rings is 1. The van der Waals surface area contributed by atoms with Crippen molar-refractivity contribution in [2.45, 2.75) is 26.4 Å². The van der Waals surface area contributed by atoms with Gasteiger partial charge in [-0.15, -0.1) is 22.7 Å². The Morgan fingerprint density at radius 3 is 2.65 bits per heavy atom. The second-order valence-corrected chi connectivity index (χ2v) is 9.44. The number of hydrogen-bond acceptors (Lipinski definition) is 6. The highest BCUT2D eigenvalue weighted by Gasteiger charge is 2.47. The van der Waals surface area contributed by atoms with Gasteiger partial charge in [0.15, 0.2) is 0 Å². The van der Waals surface area contributed by atoms with Gasteiger partial charge in [0, 0.05) is 15.3 Å². The van der Waals surface area contributed by atoms with E-state index >= 15 is 0 Å². The zero-order valence-electron chi connectivity index (χ0n) is 16.9. The number of ether oxygens (including phenoxy) is 1. The third-order valence-electron chi connectivity index (χ3n) is 5.10. The van der Waals surface area contributed by atoms with Crippen molar-refractivity contribution in [1.82, 2.24) is 4.90 Å². The fourth-order valence-electron chi connectivity index (χ4n) is 3.62. The van der Waals surface area contributed by atoms with Crippen LogP contribution in [0.25, 0.3) is 5.76 Å². The van der Waals surface area contributed by atoms with Gasteiger partial charge in [-0.1, -0.05) is 17.7 Å². The SMILES string of the molecule is CCOc1cc(/C(O)=C2/C(=O)C(=O)N(Cc3cccs3)C2c2sccc2C)ccc1Cl. The van der Waals surface area contributed by atoms with Crippen molar-refractivity contribution in [2.24, 2.45) is 0 Å². The molecule has 5 nitrogen and oxygen atoms in total. The molecule has 2 aromatic heterocycles. The Bertz CT molecular complexity index is 1170. The maximum absolute atomic E-state index is 13.1. The molecule has 4 rings (SSSR count). The van der Waals surface area contributed by atoms with E-state index < -0.39 is 17.7 Å². The van der Waals surface area contributed by atoms with Crippen LogP contribution >= 0.6 is 34.3 Å². The summed E-state index contributed by atoms with van der Waals surface area (Å²) in [6.45, 7) is 4.47. The van der Waals surface area contributed by atoms with Crippen molar-refractivity contribution in [3.05, 3.63) is 78.6 Å². The molecule has 0 saturated carbocycles. The molecule has 1 aliphatic rings. The first-order valence-corrected chi connectivity index (χ1v) is 11.8. The fourth-order valence-corrected chi connectivity index (χ4v) is 5.54. The Morgan fingerprint density at radius 1 is 1.19 bits per heavy atom. The molecule has 3 aromatic rings. The van der Waals surface area contributed by atoms with E-state index in [1.54, 1.807) is 18.2 Å². The van der Waals surface area contributed by atoms with Crippen molar-refractivity contribution in [2.75, 3.05) is 6.61 Å². The van der Waals surface area contributed by atoms with Crippen LogP contribution in [-0.4, -0.2) is 28.3 Å². The lowest BCUT2D eigenvalue weighted by molar-refractivity contribution is -0.140. The zero-order valence-corrected chi connectivity index (χ0v) is 19.3. The summed E-state index contributed by atoms with van der Waals surface area (Å²) < 4.78 is 5.52. The highest BCUT2D eigenvalue weighted by atomic mass is 35.5. The molecule has 1 fully saturated rings. The second-order valence-electron chi connectivity index (χ2n) is 7.05. The second kappa shape index (κ2) is 8.86. The molecule has 1 aromatic carbocycles. The highest BCUT2D eigenvalue weighted by Crippen LogP contribution is 2.44. The maximum atomic E-state index is 13.1. The van der Waals surface area contributed by atoms with Gasteiger partial charge in [0.25, 0.3) is 11.7 Å². The molecule has 1 amide bonds. The Balaban J connectivity index is 1.86. The number of aryl methyl sites for hydroxylation is 1. The number of carbonyl (C=O) groups excluding carboxylic acids is 2. The molecule has 31 heavy (non-hydrogen) atoms. The van der Waals surface area contributed by atoms with Gasteiger partial charge in [-0.3, -0.25) is 9.59 Å². The van der Waals surface area contributed by atoms with Crippen molar-refractivity contribution in [1.29, 1.82) is 0 Å². The zero-order chi connectivity index (χ0) is 22.1. The number of ketones is 1. The molecule has 0 radical (unpaired) electrons. The predicted octanol–water partition coefficient (Wildman–Crippen LogP) is 5.79. The van der Waals surface area contributed by atoms with E-state index in [-0.39, 0.29) is 11.3 Å². The Hall–Kier alpha value is -2.61. The lowest BCUT2D eigenvalue weighted by Crippen LogP contribution is -2.28. The minimum atomic E-state index is -0.695. The number of likely N-dealkylation sites (tertiary alicyclic amines) is 1. The molecule has 8 heteroatoms. The Labute approximate surface area is 193 Å². The molecule has 0 bridgehead atoms. The smallest absolute Gasteiger partial charge is 0.296 e. The van der Waals surface area contributed by atoms with Gasteiger partial charge in [-0.25, -0.2) is 0 Å². The summed E-state index contributed by atoms with van der Waals surface area (Å²) in [7, 11) is 0. The first-order chi connectivity index (χ1) is 14.9. The van der Waals surface area contributed by atoms with Gasteiger partial charge >= 0.3 is 0 Å². The predicted molar refractivity (Wildman–Crippen MR) is 124 cm³/mol. The normalized spacial score (nSPS) is 18.0. The number of aliphatic hydroxyl groups excluding tert-OH is 1. The number of halogens is 1. The van der Waals surface area contributed by atoms with Crippen molar-refractivity contribution in [3.63, 3.8) is 0 Å². The molecule has 0 aliphatic carbocycles. The van der Waals surface area contributed by atoms with Gasteiger partial charge in [0.2, 0.25) is 0 Å². The third kappa shape index (κ3) is 4.01. The van der Waals surface area contributed by atoms with Gasteiger partial charge in [-0.2, -0.15) is 0 Å². The number of amides is 1. The number of rotatable bonds is 6. The molecule has 0 spiro atoms. The largest absolute Gasteiger partial charge is 0.507 e. The van der Waals surface area contributed by atoms with Crippen LogP contribution in [0, 0.1) is 6.92 Å². The molecule has 1 aliphatic heterocycles. The highest BCUT2D eigenvalue weighted by molar-refractivity contribution is 7.10. The Kier molecular flexibility index (Phi) is 6.18. The average Bonchev–Trinajstić information content (AvgIpc) is 3.47. The summed E-state index contributed by atoms with van der Waals surface area (Å²) in [5.41, 5.74) is 1.42. The summed E-state index contributed by atoms with van der Waals surface area (Å²) in [6, 6.07) is 9.93. The number of hydrogen-bond donors (Lipinski definition) is 1. The van der Waals surface area contributed by atoms with Gasteiger partial charge < -0.3 is 14.7 Å². The maximum Gasteiger partial charge on any atom is 0.296 e. The molecule has 1 N–H and O–H groups in total. The van der Waals surface area contributed by atoms with Crippen LogP contribution in [0.5, 0.6) is 5.75 Å². The topological polar surface area (TPSA) is 66.8 Å². The van der Waals surface area contributed by atoms with Crippen LogP contribution in [0.4, 0.5) is 0 Å². The van der Waals surface area contributed by atoms with E-state index in [0.29, 0.717) is 29.5 Å². The van der Waals surface area contributed by atoms with Crippen molar-refractivity contribution >= 4 is 51.7 Å². The van der Waals surface area contributed by atoms with Crippen LogP contribution in [0.2, 0.25) is 5.02 Å². The minimum absolute atomic E-state index is 0.0804. The summed E-state index contributed by atoms with van der Waals surface area (Å²) in [4.78, 5) is 29.5. The number of Topliss-reactive ketones (excluding diaryl/α,β-unsaturated/α-hetero) is 1. The molecular weight excluding hydrogens is 454 g/mol.